The first-order chi connectivity index (χ1) is 8.46. The van der Waals surface area contributed by atoms with E-state index in [4.69, 9.17) is 10.5 Å². The normalized spacial score (nSPS) is 14.1. The van der Waals surface area contributed by atoms with Crippen LogP contribution in [0.4, 0.5) is 0 Å². The highest BCUT2D eigenvalue weighted by Gasteiger charge is 2.25. The molecule has 3 N–H and O–H groups in total. The van der Waals surface area contributed by atoms with Crippen molar-refractivity contribution < 1.29 is 14.3 Å². The van der Waals surface area contributed by atoms with Gasteiger partial charge in [-0.25, -0.2) is 4.79 Å². The molecule has 0 bridgehead atoms. The number of carbonyl (C=O) groups excluding carboxylic acids is 2. The van der Waals surface area contributed by atoms with E-state index in [0.29, 0.717) is 18.9 Å². The number of rotatable bonds is 8. The minimum Gasteiger partial charge on any atom is -0.467 e. The molecule has 0 aliphatic heterocycles. The first-order valence-corrected chi connectivity index (χ1v) is 6.54. The quantitative estimate of drug-likeness (QED) is 0.638. The minimum atomic E-state index is -0.576. The van der Waals surface area contributed by atoms with Crippen LogP contribution in [0.2, 0.25) is 0 Å². The van der Waals surface area contributed by atoms with Gasteiger partial charge in [-0.15, -0.1) is 0 Å². The standard InChI is InChI=1S/C13H26N2O3/c1-5-6-10(8-14)12(16)15-11(7-9(2)3)13(17)18-4/h9-11H,5-8,14H2,1-4H3,(H,15,16). The van der Waals surface area contributed by atoms with E-state index < -0.39 is 12.0 Å². The summed E-state index contributed by atoms with van der Waals surface area (Å²) in [4.78, 5) is 23.6. The first-order valence-electron chi connectivity index (χ1n) is 6.54. The number of nitrogens with one attached hydrogen (secondary N) is 1. The zero-order chi connectivity index (χ0) is 14.1. The van der Waals surface area contributed by atoms with Crippen molar-refractivity contribution in [3.63, 3.8) is 0 Å². The molecule has 0 saturated carbocycles. The number of amides is 1. The summed E-state index contributed by atoms with van der Waals surface area (Å²) in [5.41, 5.74) is 5.57. The molecule has 0 aliphatic rings. The number of esters is 1. The van der Waals surface area contributed by atoms with Crippen molar-refractivity contribution in [2.24, 2.45) is 17.6 Å². The fourth-order valence-electron chi connectivity index (χ4n) is 1.82. The maximum Gasteiger partial charge on any atom is 0.328 e. The SMILES string of the molecule is CCCC(CN)C(=O)NC(CC(C)C)C(=O)OC. The summed E-state index contributed by atoms with van der Waals surface area (Å²) in [5, 5.41) is 2.74. The largest absolute Gasteiger partial charge is 0.467 e. The van der Waals surface area contributed by atoms with Crippen LogP contribution in [0, 0.1) is 11.8 Å². The van der Waals surface area contributed by atoms with Gasteiger partial charge in [-0.3, -0.25) is 4.79 Å². The Bertz CT molecular complexity index is 267. The van der Waals surface area contributed by atoms with Gasteiger partial charge in [-0.2, -0.15) is 0 Å². The molecule has 106 valence electrons. The van der Waals surface area contributed by atoms with Crippen LogP contribution in [0.3, 0.4) is 0 Å². The van der Waals surface area contributed by atoms with Crippen molar-refractivity contribution in [3.8, 4) is 0 Å². The molecule has 2 atom stereocenters. The van der Waals surface area contributed by atoms with Crippen LogP contribution in [0.25, 0.3) is 0 Å². The van der Waals surface area contributed by atoms with Crippen LogP contribution in [0.5, 0.6) is 0 Å². The lowest BCUT2D eigenvalue weighted by Gasteiger charge is -2.21. The highest BCUT2D eigenvalue weighted by Crippen LogP contribution is 2.09. The van der Waals surface area contributed by atoms with Crippen LogP contribution < -0.4 is 11.1 Å². The molecular formula is C13H26N2O3. The first kappa shape index (κ1) is 16.9. The molecule has 0 rings (SSSR count). The summed E-state index contributed by atoms with van der Waals surface area (Å²) < 4.78 is 4.70. The molecule has 0 aromatic heterocycles. The topological polar surface area (TPSA) is 81.4 Å². The number of methoxy groups -OCH3 is 1. The molecule has 18 heavy (non-hydrogen) atoms. The molecule has 0 saturated heterocycles. The third-order valence-corrected chi connectivity index (χ3v) is 2.80. The molecule has 0 aliphatic carbocycles. The van der Waals surface area contributed by atoms with E-state index in [-0.39, 0.29) is 11.8 Å². The van der Waals surface area contributed by atoms with Crippen LogP contribution in [0.15, 0.2) is 0 Å². The lowest BCUT2D eigenvalue weighted by molar-refractivity contribution is -0.146. The van der Waals surface area contributed by atoms with Crippen LogP contribution in [-0.2, 0) is 14.3 Å². The van der Waals surface area contributed by atoms with E-state index in [2.05, 4.69) is 5.32 Å². The van der Waals surface area contributed by atoms with Crippen molar-refractivity contribution in [3.05, 3.63) is 0 Å². The predicted molar refractivity (Wildman–Crippen MR) is 70.9 cm³/mol. The van der Waals surface area contributed by atoms with Gasteiger partial charge in [0.15, 0.2) is 0 Å². The fourth-order valence-corrected chi connectivity index (χ4v) is 1.82. The molecule has 0 aromatic carbocycles. The van der Waals surface area contributed by atoms with Gasteiger partial charge in [0.1, 0.15) is 6.04 Å². The lowest BCUT2D eigenvalue weighted by atomic mass is 10.00. The van der Waals surface area contributed by atoms with Crippen LogP contribution in [-0.4, -0.2) is 31.6 Å². The number of hydrogen-bond acceptors (Lipinski definition) is 4. The van der Waals surface area contributed by atoms with Crippen molar-refractivity contribution in [1.82, 2.24) is 5.32 Å². The van der Waals surface area contributed by atoms with Gasteiger partial charge in [-0.1, -0.05) is 27.2 Å². The summed E-state index contributed by atoms with van der Waals surface area (Å²) in [6.07, 6.45) is 2.20. The van der Waals surface area contributed by atoms with Gasteiger partial charge in [0.05, 0.1) is 13.0 Å². The Balaban J connectivity index is 4.55. The molecule has 0 fully saturated rings. The molecular weight excluding hydrogens is 232 g/mol. The highest BCUT2D eigenvalue weighted by atomic mass is 16.5. The molecule has 1 amide bonds. The van der Waals surface area contributed by atoms with Crippen molar-refractivity contribution in [2.75, 3.05) is 13.7 Å². The summed E-state index contributed by atoms with van der Waals surface area (Å²) in [6.45, 7) is 6.29. The smallest absolute Gasteiger partial charge is 0.328 e. The second kappa shape index (κ2) is 8.91. The monoisotopic (exact) mass is 258 g/mol. The van der Waals surface area contributed by atoms with Gasteiger partial charge in [-0.05, 0) is 18.8 Å². The molecule has 0 heterocycles. The van der Waals surface area contributed by atoms with E-state index in [1.807, 2.05) is 20.8 Å². The zero-order valence-electron chi connectivity index (χ0n) is 11.9. The summed E-state index contributed by atoms with van der Waals surface area (Å²) in [6, 6.07) is -0.576. The number of carbonyl (C=O) groups is 2. The Morgan fingerprint density at radius 1 is 1.33 bits per heavy atom. The van der Waals surface area contributed by atoms with Gasteiger partial charge < -0.3 is 15.8 Å². The van der Waals surface area contributed by atoms with Crippen molar-refractivity contribution >= 4 is 11.9 Å². The predicted octanol–water partition coefficient (Wildman–Crippen LogP) is 1.07. The number of nitrogens with two attached hydrogens (primary N) is 1. The average molecular weight is 258 g/mol. The third kappa shape index (κ3) is 6.00. The van der Waals surface area contributed by atoms with E-state index in [9.17, 15) is 9.59 Å². The average Bonchev–Trinajstić information content (AvgIpc) is 2.33. The molecule has 0 spiro atoms. The zero-order valence-corrected chi connectivity index (χ0v) is 11.9. The molecule has 5 heteroatoms. The van der Waals surface area contributed by atoms with Crippen molar-refractivity contribution in [1.29, 1.82) is 0 Å². The molecule has 0 radical (unpaired) electrons. The van der Waals surface area contributed by atoms with Crippen molar-refractivity contribution in [2.45, 2.75) is 46.1 Å². The van der Waals surface area contributed by atoms with E-state index in [1.165, 1.54) is 7.11 Å². The summed E-state index contributed by atoms with van der Waals surface area (Å²) >= 11 is 0. The highest BCUT2D eigenvalue weighted by molar-refractivity contribution is 5.85. The molecule has 2 unspecified atom stereocenters. The second-order valence-corrected chi connectivity index (χ2v) is 4.94. The van der Waals surface area contributed by atoms with Gasteiger partial charge >= 0.3 is 5.97 Å². The van der Waals surface area contributed by atoms with E-state index in [1.54, 1.807) is 0 Å². The molecule has 0 aromatic rings. The second-order valence-electron chi connectivity index (χ2n) is 4.94. The Morgan fingerprint density at radius 3 is 2.33 bits per heavy atom. The molecule has 5 nitrogen and oxygen atoms in total. The maximum absolute atomic E-state index is 12.0. The van der Waals surface area contributed by atoms with Crippen LogP contribution >= 0.6 is 0 Å². The van der Waals surface area contributed by atoms with Crippen LogP contribution in [0.1, 0.15) is 40.0 Å². The number of hydrogen-bond donors (Lipinski definition) is 2. The number of ether oxygens (including phenoxy) is 1. The van der Waals surface area contributed by atoms with Gasteiger partial charge in [0.2, 0.25) is 5.91 Å². The Morgan fingerprint density at radius 2 is 1.94 bits per heavy atom. The Kier molecular flexibility index (Phi) is 8.37. The van der Waals surface area contributed by atoms with E-state index in [0.717, 1.165) is 12.8 Å². The van der Waals surface area contributed by atoms with E-state index >= 15 is 0 Å². The van der Waals surface area contributed by atoms with Gasteiger partial charge in [0, 0.05) is 6.54 Å². The minimum absolute atomic E-state index is 0.157. The Hall–Kier alpha value is -1.10. The summed E-state index contributed by atoms with van der Waals surface area (Å²) in [7, 11) is 1.33. The summed E-state index contributed by atoms with van der Waals surface area (Å²) in [5.74, 6) is -0.481. The maximum atomic E-state index is 12.0. The Labute approximate surface area is 109 Å². The third-order valence-electron chi connectivity index (χ3n) is 2.80. The lowest BCUT2D eigenvalue weighted by Crippen LogP contribution is -2.46. The van der Waals surface area contributed by atoms with Gasteiger partial charge in [0.25, 0.3) is 0 Å². The fraction of sp³-hybridized carbons (Fsp3) is 0.846.